The smallest absolute Gasteiger partial charge is 0.270 e. The van der Waals surface area contributed by atoms with E-state index in [-0.39, 0.29) is 29.9 Å². The van der Waals surface area contributed by atoms with Gasteiger partial charge in [-0.15, -0.1) is 0 Å². The summed E-state index contributed by atoms with van der Waals surface area (Å²) in [6.45, 7) is 2.04. The van der Waals surface area contributed by atoms with E-state index in [0.717, 1.165) is 5.56 Å². The zero-order chi connectivity index (χ0) is 20.8. The van der Waals surface area contributed by atoms with Gasteiger partial charge in [-0.05, 0) is 48.9 Å². The van der Waals surface area contributed by atoms with Crippen LogP contribution in [0.2, 0.25) is 0 Å². The summed E-state index contributed by atoms with van der Waals surface area (Å²) in [6, 6.07) is 12.9. The van der Waals surface area contributed by atoms with Gasteiger partial charge in [-0.25, -0.2) is 14.4 Å². The highest BCUT2D eigenvalue weighted by Gasteiger charge is 2.12. The third-order valence-corrected chi connectivity index (χ3v) is 4.07. The molecule has 0 radical (unpaired) electrons. The van der Waals surface area contributed by atoms with Gasteiger partial charge < -0.3 is 20.1 Å². The molecule has 2 aromatic carbocycles. The van der Waals surface area contributed by atoms with Gasteiger partial charge in [0.15, 0.2) is 11.5 Å². The molecular weight excluding hydrogens is 375 g/mol. The third-order valence-electron chi connectivity index (χ3n) is 4.07. The Bertz CT molecular complexity index is 1030. The molecule has 0 unspecified atom stereocenters. The molecule has 0 fully saturated rings. The summed E-state index contributed by atoms with van der Waals surface area (Å²) in [6.07, 6.45) is 0. The number of methoxy groups -OCH3 is 2. The van der Waals surface area contributed by atoms with E-state index >= 15 is 0 Å². The molecule has 1 amide bonds. The van der Waals surface area contributed by atoms with E-state index in [4.69, 9.17) is 9.47 Å². The van der Waals surface area contributed by atoms with Crippen LogP contribution >= 0.6 is 0 Å². The Hall–Kier alpha value is -3.68. The molecule has 3 aromatic rings. The quantitative estimate of drug-likeness (QED) is 0.635. The number of carbonyl (C=O) groups is 1. The number of nitrogens with one attached hydrogen (secondary N) is 2. The van der Waals surface area contributed by atoms with E-state index in [9.17, 15) is 9.18 Å². The number of rotatable bonds is 7. The van der Waals surface area contributed by atoms with Crippen molar-refractivity contribution < 1.29 is 18.7 Å². The molecule has 0 aliphatic heterocycles. The highest BCUT2D eigenvalue weighted by Crippen LogP contribution is 2.27. The third kappa shape index (κ3) is 5.19. The number of aryl methyl sites for hydroxylation is 1. The van der Waals surface area contributed by atoms with Crippen LogP contribution in [0.15, 0.2) is 48.5 Å². The molecule has 0 saturated carbocycles. The number of anilines is 2. The summed E-state index contributed by atoms with van der Waals surface area (Å²) in [5.41, 5.74) is 2.15. The van der Waals surface area contributed by atoms with Crippen molar-refractivity contribution in [3.8, 4) is 11.5 Å². The Morgan fingerprint density at radius 3 is 2.55 bits per heavy atom. The van der Waals surface area contributed by atoms with Gasteiger partial charge in [-0.1, -0.05) is 12.1 Å². The monoisotopic (exact) mass is 396 g/mol. The zero-order valence-corrected chi connectivity index (χ0v) is 16.3. The number of benzene rings is 2. The van der Waals surface area contributed by atoms with E-state index in [1.807, 2.05) is 6.07 Å². The summed E-state index contributed by atoms with van der Waals surface area (Å²) in [4.78, 5) is 21.0. The Morgan fingerprint density at radius 1 is 1.03 bits per heavy atom. The molecule has 0 spiro atoms. The van der Waals surface area contributed by atoms with Crippen LogP contribution in [-0.2, 0) is 6.54 Å². The minimum absolute atomic E-state index is 0.205. The normalized spacial score (nSPS) is 10.3. The average molecular weight is 396 g/mol. The highest BCUT2D eigenvalue weighted by molar-refractivity contribution is 5.92. The molecule has 0 aliphatic carbocycles. The van der Waals surface area contributed by atoms with Crippen molar-refractivity contribution in [2.24, 2.45) is 0 Å². The van der Waals surface area contributed by atoms with Crippen LogP contribution in [0.3, 0.4) is 0 Å². The van der Waals surface area contributed by atoms with Crippen molar-refractivity contribution in [1.29, 1.82) is 0 Å². The first-order valence-corrected chi connectivity index (χ1v) is 8.86. The molecule has 150 valence electrons. The number of halogens is 1. The molecule has 8 heteroatoms. The summed E-state index contributed by atoms with van der Waals surface area (Å²) < 4.78 is 23.8. The highest BCUT2D eigenvalue weighted by atomic mass is 19.1. The van der Waals surface area contributed by atoms with Gasteiger partial charge in [0.05, 0.1) is 14.2 Å². The minimum atomic E-state index is -0.379. The van der Waals surface area contributed by atoms with E-state index in [1.54, 1.807) is 51.5 Å². The van der Waals surface area contributed by atoms with E-state index in [1.165, 1.54) is 12.1 Å². The van der Waals surface area contributed by atoms with E-state index in [0.29, 0.717) is 22.9 Å². The lowest BCUT2D eigenvalue weighted by Gasteiger charge is -2.11. The molecule has 29 heavy (non-hydrogen) atoms. The van der Waals surface area contributed by atoms with Gasteiger partial charge in [-0.2, -0.15) is 0 Å². The van der Waals surface area contributed by atoms with Crippen LogP contribution in [-0.4, -0.2) is 30.1 Å². The Kier molecular flexibility index (Phi) is 6.23. The van der Waals surface area contributed by atoms with Crippen molar-refractivity contribution in [3.05, 3.63) is 71.3 Å². The minimum Gasteiger partial charge on any atom is -0.493 e. The van der Waals surface area contributed by atoms with Crippen molar-refractivity contribution in [1.82, 2.24) is 15.3 Å². The molecule has 2 N–H and O–H groups in total. The number of amides is 1. The first kappa shape index (κ1) is 20.1. The van der Waals surface area contributed by atoms with Crippen LogP contribution in [0.4, 0.5) is 16.0 Å². The maximum atomic E-state index is 13.4. The molecule has 1 heterocycles. The average Bonchev–Trinajstić information content (AvgIpc) is 2.71. The number of hydrogen-bond acceptors (Lipinski definition) is 6. The summed E-state index contributed by atoms with van der Waals surface area (Å²) in [5.74, 6) is 0.677. The number of ether oxygens (including phenoxy) is 2. The van der Waals surface area contributed by atoms with Crippen LogP contribution in [0.1, 0.15) is 21.7 Å². The summed E-state index contributed by atoms with van der Waals surface area (Å²) in [5, 5.41) is 5.73. The van der Waals surface area contributed by atoms with E-state index in [2.05, 4.69) is 20.6 Å². The lowest BCUT2D eigenvalue weighted by molar-refractivity contribution is 0.0945. The zero-order valence-electron chi connectivity index (χ0n) is 16.3. The van der Waals surface area contributed by atoms with Crippen LogP contribution < -0.4 is 20.1 Å². The van der Waals surface area contributed by atoms with Gasteiger partial charge in [-0.3, -0.25) is 4.79 Å². The molecular formula is C21H21FN4O3. The lowest BCUT2D eigenvalue weighted by Crippen LogP contribution is -2.24. The number of aromatic nitrogens is 2. The molecule has 0 saturated heterocycles. The van der Waals surface area contributed by atoms with E-state index < -0.39 is 0 Å². The first-order chi connectivity index (χ1) is 14.0. The fourth-order valence-corrected chi connectivity index (χ4v) is 2.70. The van der Waals surface area contributed by atoms with Gasteiger partial charge in [0.25, 0.3) is 5.91 Å². The predicted octanol–water partition coefficient (Wildman–Crippen LogP) is 3.61. The molecule has 0 aliphatic rings. The second-order valence-corrected chi connectivity index (χ2v) is 6.23. The Labute approximate surface area is 167 Å². The molecule has 1 aromatic heterocycles. The Balaban J connectivity index is 1.71. The fourth-order valence-electron chi connectivity index (χ4n) is 2.70. The van der Waals surface area contributed by atoms with Crippen LogP contribution in [0.5, 0.6) is 11.5 Å². The SMILES string of the molecule is COc1ccc(CNC(=O)c2cc(C)nc(Nc3cccc(F)c3)n2)cc1OC. The molecule has 7 nitrogen and oxygen atoms in total. The Morgan fingerprint density at radius 2 is 1.83 bits per heavy atom. The first-order valence-electron chi connectivity index (χ1n) is 8.86. The predicted molar refractivity (Wildman–Crippen MR) is 107 cm³/mol. The van der Waals surface area contributed by atoms with Crippen LogP contribution in [0, 0.1) is 12.7 Å². The number of hydrogen-bond donors (Lipinski definition) is 2. The molecule has 0 bridgehead atoms. The fraction of sp³-hybridized carbons (Fsp3) is 0.190. The summed E-state index contributed by atoms with van der Waals surface area (Å²) >= 11 is 0. The van der Waals surface area contributed by atoms with Crippen molar-refractivity contribution in [2.45, 2.75) is 13.5 Å². The van der Waals surface area contributed by atoms with Gasteiger partial charge >= 0.3 is 0 Å². The maximum Gasteiger partial charge on any atom is 0.270 e. The largest absolute Gasteiger partial charge is 0.493 e. The number of carbonyl (C=O) groups excluding carboxylic acids is 1. The maximum absolute atomic E-state index is 13.4. The second-order valence-electron chi connectivity index (χ2n) is 6.23. The van der Waals surface area contributed by atoms with Gasteiger partial charge in [0.1, 0.15) is 11.5 Å². The van der Waals surface area contributed by atoms with Crippen LogP contribution in [0.25, 0.3) is 0 Å². The number of nitrogens with zero attached hydrogens (tertiary/aromatic N) is 2. The van der Waals surface area contributed by atoms with Crippen molar-refractivity contribution >= 4 is 17.5 Å². The second kappa shape index (κ2) is 9.01. The molecule has 0 atom stereocenters. The topological polar surface area (TPSA) is 85.4 Å². The standard InChI is InChI=1S/C21H21FN4O3/c1-13-9-17(26-21(24-13)25-16-6-4-5-15(22)11-16)20(27)23-12-14-7-8-18(28-2)19(10-14)29-3/h4-11H,12H2,1-3H3,(H,23,27)(H,24,25,26). The van der Waals surface area contributed by atoms with Crippen molar-refractivity contribution in [2.75, 3.05) is 19.5 Å². The molecule has 3 rings (SSSR count). The van der Waals surface area contributed by atoms with Crippen molar-refractivity contribution in [3.63, 3.8) is 0 Å². The lowest BCUT2D eigenvalue weighted by atomic mass is 10.2. The van der Waals surface area contributed by atoms with Gasteiger partial charge in [0, 0.05) is 17.9 Å². The summed E-state index contributed by atoms with van der Waals surface area (Å²) in [7, 11) is 3.11. The van der Waals surface area contributed by atoms with Gasteiger partial charge in [0.2, 0.25) is 5.95 Å².